The van der Waals surface area contributed by atoms with Crippen LogP contribution < -0.4 is 5.73 Å². The van der Waals surface area contributed by atoms with Crippen molar-refractivity contribution in [3.05, 3.63) is 39.7 Å². The van der Waals surface area contributed by atoms with Crippen LogP contribution in [-0.4, -0.2) is 10.8 Å². The summed E-state index contributed by atoms with van der Waals surface area (Å²) >= 11 is 1.44. The highest BCUT2D eigenvalue weighted by Gasteiger charge is 2.15. The molecule has 0 amide bonds. The maximum absolute atomic E-state index is 11.8. The minimum atomic E-state index is -0.195. The summed E-state index contributed by atoms with van der Waals surface area (Å²) in [5, 5.41) is 2.59. The number of nitrogens with zero attached hydrogens (tertiary/aromatic N) is 1. The number of thiazole rings is 1. The molecule has 2 heterocycles. The van der Waals surface area contributed by atoms with Crippen molar-refractivity contribution in [3.8, 4) is 0 Å². The summed E-state index contributed by atoms with van der Waals surface area (Å²) in [7, 11) is 0. The fourth-order valence-electron chi connectivity index (χ4n) is 1.20. The van der Waals surface area contributed by atoms with E-state index in [0.717, 1.165) is 5.01 Å². The zero-order valence-electron chi connectivity index (χ0n) is 8.19. The predicted molar refractivity (Wildman–Crippen MR) is 56.9 cm³/mol. The summed E-state index contributed by atoms with van der Waals surface area (Å²) in [6.45, 7) is 2.15. The molecule has 0 saturated heterocycles. The van der Waals surface area contributed by atoms with Gasteiger partial charge in [-0.1, -0.05) is 0 Å². The summed E-state index contributed by atoms with van der Waals surface area (Å²) in [5.41, 5.74) is 5.81. The Balaban J connectivity index is 2.28. The SMILES string of the molecule is Cc1nc(C(=O)c2ccc(CN)o2)cs1. The molecular weight excluding hydrogens is 212 g/mol. The second-order valence-corrected chi connectivity index (χ2v) is 4.11. The molecule has 0 radical (unpaired) electrons. The van der Waals surface area contributed by atoms with Crippen molar-refractivity contribution in [2.75, 3.05) is 0 Å². The van der Waals surface area contributed by atoms with Crippen LogP contribution in [0.25, 0.3) is 0 Å². The molecule has 2 aromatic rings. The number of carbonyl (C=O) groups excluding carboxylic acids is 1. The van der Waals surface area contributed by atoms with Crippen LogP contribution in [0.4, 0.5) is 0 Å². The van der Waals surface area contributed by atoms with Gasteiger partial charge in [0.05, 0.1) is 11.6 Å². The largest absolute Gasteiger partial charge is 0.456 e. The summed E-state index contributed by atoms with van der Waals surface area (Å²) in [6.07, 6.45) is 0. The van der Waals surface area contributed by atoms with E-state index in [9.17, 15) is 4.79 Å². The molecule has 2 aromatic heterocycles. The van der Waals surface area contributed by atoms with Gasteiger partial charge in [-0.3, -0.25) is 4.79 Å². The van der Waals surface area contributed by atoms with Gasteiger partial charge in [0, 0.05) is 5.38 Å². The smallest absolute Gasteiger partial charge is 0.247 e. The third-order valence-electron chi connectivity index (χ3n) is 1.94. The molecule has 2 N–H and O–H groups in total. The Hall–Kier alpha value is -1.46. The number of carbonyl (C=O) groups is 1. The molecule has 0 fully saturated rings. The second-order valence-electron chi connectivity index (χ2n) is 3.05. The minimum Gasteiger partial charge on any atom is -0.456 e. The summed E-state index contributed by atoms with van der Waals surface area (Å²) in [4.78, 5) is 15.9. The zero-order valence-corrected chi connectivity index (χ0v) is 9.00. The highest BCUT2D eigenvalue weighted by Crippen LogP contribution is 2.15. The van der Waals surface area contributed by atoms with Crippen molar-refractivity contribution in [2.45, 2.75) is 13.5 Å². The van der Waals surface area contributed by atoms with Crippen molar-refractivity contribution >= 4 is 17.1 Å². The molecule has 0 aliphatic rings. The molecule has 5 heteroatoms. The van der Waals surface area contributed by atoms with E-state index in [2.05, 4.69) is 4.98 Å². The number of aryl methyl sites for hydroxylation is 1. The second kappa shape index (κ2) is 3.96. The topological polar surface area (TPSA) is 69.1 Å². The van der Waals surface area contributed by atoms with Gasteiger partial charge in [-0.05, 0) is 19.1 Å². The van der Waals surface area contributed by atoms with Crippen LogP contribution in [0.5, 0.6) is 0 Å². The third kappa shape index (κ3) is 1.98. The maximum Gasteiger partial charge on any atom is 0.247 e. The van der Waals surface area contributed by atoms with E-state index in [4.69, 9.17) is 10.2 Å². The quantitative estimate of drug-likeness (QED) is 0.803. The van der Waals surface area contributed by atoms with Gasteiger partial charge in [-0.2, -0.15) is 0 Å². The van der Waals surface area contributed by atoms with Crippen LogP contribution in [0.2, 0.25) is 0 Å². The lowest BCUT2D eigenvalue weighted by molar-refractivity contribution is 0.100. The summed E-state index contributed by atoms with van der Waals surface area (Å²) < 4.78 is 5.25. The Morgan fingerprint density at radius 2 is 2.40 bits per heavy atom. The Bertz CT molecular complexity index is 487. The van der Waals surface area contributed by atoms with Gasteiger partial charge in [-0.15, -0.1) is 11.3 Å². The van der Waals surface area contributed by atoms with Gasteiger partial charge in [0.2, 0.25) is 5.78 Å². The van der Waals surface area contributed by atoms with E-state index in [1.807, 2.05) is 6.92 Å². The van der Waals surface area contributed by atoms with E-state index >= 15 is 0 Å². The molecule has 0 spiro atoms. The lowest BCUT2D eigenvalue weighted by atomic mass is 10.2. The highest BCUT2D eigenvalue weighted by molar-refractivity contribution is 7.09. The first kappa shape index (κ1) is 10.1. The van der Waals surface area contributed by atoms with Crippen LogP contribution in [0.3, 0.4) is 0 Å². The molecule has 0 aromatic carbocycles. The van der Waals surface area contributed by atoms with E-state index in [0.29, 0.717) is 23.8 Å². The Labute approximate surface area is 90.7 Å². The van der Waals surface area contributed by atoms with Gasteiger partial charge in [-0.25, -0.2) is 4.98 Å². The Morgan fingerprint density at radius 1 is 1.60 bits per heavy atom. The molecular formula is C10H10N2O2S. The van der Waals surface area contributed by atoms with Crippen molar-refractivity contribution in [2.24, 2.45) is 5.73 Å². The molecule has 4 nitrogen and oxygen atoms in total. The highest BCUT2D eigenvalue weighted by atomic mass is 32.1. The van der Waals surface area contributed by atoms with Crippen LogP contribution in [0.15, 0.2) is 21.9 Å². The standard InChI is InChI=1S/C10H10N2O2S/c1-6-12-8(5-15-6)10(13)9-3-2-7(4-11)14-9/h2-3,5H,4,11H2,1H3. The van der Waals surface area contributed by atoms with Gasteiger partial charge in [0.15, 0.2) is 5.76 Å². The van der Waals surface area contributed by atoms with Crippen LogP contribution >= 0.6 is 11.3 Å². The number of rotatable bonds is 3. The monoisotopic (exact) mass is 222 g/mol. The van der Waals surface area contributed by atoms with E-state index < -0.39 is 0 Å². The van der Waals surface area contributed by atoms with Crippen molar-refractivity contribution in [3.63, 3.8) is 0 Å². The lowest BCUT2D eigenvalue weighted by Crippen LogP contribution is -2.00. The normalized spacial score (nSPS) is 10.5. The van der Waals surface area contributed by atoms with Crippen molar-refractivity contribution in [1.29, 1.82) is 0 Å². The van der Waals surface area contributed by atoms with E-state index in [-0.39, 0.29) is 5.78 Å². The maximum atomic E-state index is 11.8. The summed E-state index contributed by atoms with van der Waals surface area (Å²) in [6, 6.07) is 3.33. The number of furan rings is 1. The van der Waals surface area contributed by atoms with Crippen LogP contribution in [0.1, 0.15) is 27.0 Å². The Morgan fingerprint density at radius 3 is 2.93 bits per heavy atom. The molecule has 2 rings (SSSR count). The zero-order chi connectivity index (χ0) is 10.8. The number of ketones is 1. The average molecular weight is 222 g/mol. The fraction of sp³-hybridized carbons (Fsp3) is 0.200. The van der Waals surface area contributed by atoms with Crippen molar-refractivity contribution in [1.82, 2.24) is 4.98 Å². The number of hydrogen-bond acceptors (Lipinski definition) is 5. The van der Waals surface area contributed by atoms with Gasteiger partial charge >= 0.3 is 0 Å². The van der Waals surface area contributed by atoms with Gasteiger partial charge in [0.25, 0.3) is 0 Å². The van der Waals surface area contributed by atoms with E-state index in [1.165, 1.54) is 11.3 Å². The lowest BCUT2D eigenvalue weighted by Gasteiger charge is -1.91. The molecule has 0 atom stereocenters. The minimum absolute atomic E-state index is 0.195. The van der Waals surface area contributed by atoms with Crippen LogP contribution in [0, 0.1) is 6.92 Å². The molecule has 0 aliphatic heterocycles. The average Bonchev–Trinajstić information content (AvgIpc) is 2.84. The number of nitrogens with two attached hydrogens (primary N) is 1. The first-order valence-electron chi connectivity index (χ1n) is 4.46. The number of aromatic nitrogens is 1. The Kier molecular flexibility index (Phi) is 2.66. The molecule has 0 saturated carbocycles. The van der Waals surface area contributed by atoms with Crippen LogP contribution in [-0.2, 0) is 6.54 Å². The third-order valence-corrected chi connectivity index (χ3v) is 2.71. The van der Waals surface area contributed by atoms with Crippen molar-refractivity contribution < 1.29 is 9.21 Å². The first-order valence-corrected chi connectivity index (χ1v) is 5.34. The fourth-order valence-corrected chi connectivity index (χ4v) is 1.80. The van der Waals surface area contributed by atoms with E-state index in [1.54, 1.807) is 17.5 Å². The van der Waals surface area contributed by atoms with Gasteiger partial charge < -0.3 is 10.2 Å². The first-order chi connectivity index (χ1) is 7.20. The predicted octanol–water partition coefficient (Wildman–Crippen LogP) is 1.73. The molecule has 0 unspecified atom stereocenters. The number of hydrogen-bond donors (Lipinski definition) is 1. The molecule has 78 valence electrons. The molecule has 0 aliphatic carbocycles. The molecule has 0 bridgehead atoms. The van der Waals surface area contributed by atoms with Gasteiger partial charge in [0.1, 0.15) is 11.5 Å². The summed E-state index contributed by atoms with van der Waals surface area (Å²) in [5.74, 6) is 0.699. The molecule has 15 heavy (non-hydrogen) atoms.